The summed E-state index contributed by atoms with van der Waals surface area (Å²) in [6.07, 6.45) is 6.35. The summed E-state index contributed by atoms with van der Waals surface area (Å²) in [5, 5.41) is 7.17. The largest absolute Gasteiger partial charge is 0.372 e. The fourth-order valence-electron chi connectivity index (χ4n) is 2.61. The predicted molar refractivity (Wildman–Crippen MR) is 84.1 cm³/mol. The second-order valence-electron chi connectivity index (χ2n) is 5.24. The number of nitrogens with one attached hydrogen (secondary N) is 1. The molecule has 0 aromatic carbocycles. The van der Waals surface area contributed by atoms with E-state index in [-0.39, 0.29) is 12.0 Å². The van der Waals surface area contributed by atoms with Gasteiger partial charge >= 0.3 is 0 Å². The molecule has 1 fully saturated rings. The third-order valence-corrected chi connectivity index (χ3v) is 3.83. The van der Waals surface area contributed by atoms with Gasteiger partial charge in [0.25, 0.3) is 5.91 Å². The maximum Gasteiger partial charge on any atom is 0.257 e. The van der Waals surface area contributed by atoms with Crippen LogP contribution in [-0.4, -0.2) is 57.3 Å². The van der Waals surface area contributed by atoms with Crippen molar-refractivity contribution >= 4 is 11.7 Å². The van der Waals surface area contributed by atoms with E-state index >= 15 is 0 Å². The van der Waals surface area contributed by atoms with Gasteiger partial charge in [-0.2, -0.15) is 5.10 Å². The molecule has 3 heterocycles. The van der Waals surface area contributed by atoms with Gasteiger partial charge in [-0.3, -0.25) is 14.5 Å². The molecule has 0 saturated carbocycles. The van der Waals surface area contributed by atoms with Crippen LogP contribution >= 0.6 is 0 Å². The van der Waals surface area contributed by atoms with Gasteiger partial charge in [0.2, 0.25) is 0 Å². The minimum absolute atomic E-state index is 0.0344. The number of hydrogen-bond donors (Lipinski definition) is 1. The second kappa shape index (κ2) is 6.74. The average molecular weight is 316 g/mol. The lowest BCUT2D eigenvalue weighted by molar-refractivity contribution is -0.0245. The summed E-state index contributed by atoms with van der Waals surface area (Å²) in [6, 6.07) is 0. The van der Waals surface area contributed by atoms with Gasteiger partial charge in [0.05, 0.1) is 24.9 Å². The van der Waals surface area contributed by atoms with E-state index in [1.165, 1.54) is 0 Å². The molecule has 122 valence electrons. The number of aromatic nitrogens is 4. The van der Waals surface area contributed by atoms with Gasteiger partial charge in [0.15, 0.2) is 0 Å². The Morgan fingerprint density at radius 2 is 2.26 bits per heavy atom. The highest BCUT2D eigenvalue weighted by atomic mass is 16.5. The summed E-state index contributed by atoms with van der Waals surface area (Å²) in [5.74, 6) is 0.637. The van der Waals surface area contributed by atoms with Crippen LogP contribution in [0, 0.1) is 0 Å². The lowest BCUT2D eigenvalue weighted by Gasteiger charge is -2.32. The monoisotopic (exact) mass is 316 g/mol. The van der Waals surface area contributed by atoms with Crippen molar-refractivity contribution < 1.29 is 9.53 Å². The molecule has 3 rings (SSSR count). The van der Waals surface area contributed by atoms with Crippen molar-refractivity contribution in [3.63, 3.8) is 0 Å². The van der Waals surface area contributed by atoms with Crippen LogP contribution in [0.3, 0.4) is 0 Å². The van der Waals surface area contributed by atoms with Crippen LogP contribution in [0.5, 0.6) is 0 Å². The zero-order valence-corrected chi connectivity index (χ0v) is 13.3. The molecule has 0 radical (unpaired) electrons. The number of morpholine rings is 1. The third kappa shape index (κ3) is 3.16. The molecule has 2 aromatic rings. The minimum atomic E-state index is -0.287. The molecule has 1 amide bonds. The molecule has 8 heteroatoms. The van der Waals surface area contributed by atoms with E-state index in [9.17, 15) is 4.79 Å². The summed E-state index contributed by atoms with van der Waals surface area (Å²) < 4.78 is 7.53. The van der Waals surface area contributed by atoms with Gasteiger partial charge in [-0.05, 0) is 6.92 Å². The zero-order valence-electron chi connectivity index (χ0n) is 13.3. The van der Waals surface area contributed by atoms with Crippen molar-refractivity contribution in [3.8, 4) is 0 Å². The summed E-state index contributed by atoms with van der Waals surface area (Å²) >= 11 is 0. The van der Waals surface area contributed by atoms with Crippen LogP contribution in [0.4, 0.5) is 5.82 Å². The van der Waals surface area contributed by atoms with Crippen LogP contribution < -0.4 is 5.32 Å². The van der Waals surface area contributed by atoms with E-state index in [1.54, 1.807) is 41.4 Å². The number of hydrogen-bond acceptors (Lipinski definition) is 6. The molecule has 23 heavy (non-hydrogen) atoms. The van der Waals surface area contributed by atoms with Gasteiger partial charge in [0.1, 0.15) is 17.6 Å². The SMILES string of the molecule is CCn1cc(C(=O)N2CCO[C@H](c3nccnc3NC)C2)cn1. The quantitative estimate of drug-likeness (QED) is 0.904. The Morgan fingerprint density at radius 1 is 1.43 bits per heavy atom. The molecule has 8 nitrogen and oxygen atoms in total. The van der Waals surface area contributed by atoms with Crippen LogP contribution in [0.1, 0.15) is 29.1 Å². The van der Waals surface area contributed by atoms with E-state index in [4.69, 9.17) is 4.74 Å². The number of rotatable bonds is 4. The number of anilines is 1. The van der Waals surface area contributed by atoms with Crippen LogP contribution in [0.15, 0.2) is 24.8 Å². The maximum atomic E-state index is 12.6. The van der Waals surface area contributed by atoms with E-state index in [0.717, 1.165) is 12.2 Å². The Balaban J connectivity index is 1.76. The van der Waals surface area contributed by atoms with Crippen LogP contribution in [0.25, 0.3) is 0 Å². The van der Waals surface area contributed by atoms with E-state index in [1.807, 2.05) is 6.92 Å². The fraction of sp³-hybridized carbons (Fsp3) is 0.467. The molecule has 2 aromatic heterocycles. The molecule has 1 N–H and O–H groups in total. The smallest absolute Gasteiger partial charge is 0.257 e. The first kappa shape index (κ1) is 15.4. The van der Waals surface area contributed by atoms with Crippen molar-refractivity contribution in [2.24, 2.45) is 0 Å². The highest BCUT2D eigenvalue weighted by Gasteiger charge is 2.29. The van der Waals surface area contributed by atoms with Gasteiger partial charge in [0, 0.05) is 38.7 Å². The van der Waals surface area contributed by atoms with Gasteiger partial charge in [-0.1, -0.05) is 0 Å². The van der Waals surface area contributed by atoms with Crippen molar-refractivity contribution in [1.82, 2.24) is 24.6 Å². The summed E-state index contributed by atoms with van der Waals surface area (Å²) in [7, 11) is 1.79. The van der Waals surface area contributed by atoms with Gasteiger partial charge in [-0.25, -0.2) is 4.98 Å². The van der Waals surface area contributed by atoms with Gasteiger partial charge in [-0.15, -0.1) is 0 Å². The summed E-state index contributed by atoms with van der Waals surface area (Å²) in [4.78, 5) is 23.0. The lowest BCUT2D eigenvalue weighted by Crippen LogP contribution is -2.42. The first-order valence-electron chi connectivity index (χ1n) is 7.65. The Kier molecular flexibility index (Phi) is 4.52. The Morgan fingerprint density at radius 3 is 3.00 bits per heavy atom. The zero-order chi connectivity index (χ0) is 16.2. The molecular formula is C15H20N6O2. The Labute approximate surface area is 134 Å². The van der Waals surface area contributed by atoms with Gasteiger partial charge < -0.3 is 15.0 Å². The average Bonchev–Trinajstić information content (AvgIpc) is 3.10. The molecule has 1 aliphatic rings. The fourth-order valence-corrected chi connectivity index (χ4v) is 2.61. The molecule has 1 atom stereocenters. The molecule has 0 bridgehead atoms. The normalized spacial score (nSPS) is 18.0. The van der Waals surface area contributed by atoms with Crippen LogP contribution in [0.2, 0.25) is 0 Å². The first-order chi connectivity index (χ1) is 11.2. The molecule has 0 aliphatic carbocycles. The van der Waals surface area contributed by atoms with E-state index < -0.39 is 0 Å². The third-order valence-electron chi connectivity index (χ3n) is 3.83. The number of ether oxygens (including phenoxy) is 1. The number of carbonyl (C=O) groups is 1. The standard InChI is InChI=1S/C15H20N6O2/c1-3-21-9-11(8-19-21)15(22)20-6-7-23-12(10-20)13-14(16-2)18-5-4-17-13/h4-5,8-9,12H,3,6-7,10H2,1-2H3,(H,16,18)/t12-/m0/s1. The molecule has 1 saturated heterocycles. The second-order valence-corrected chi connectivity index (χ2v) is 5.24. The van der Waals surface area contributed by atoms with E-state index in [0.29, 0.717) is 31.1 Å². The predicted octanol–water partition coefficient (Wildman–Crippen LogP) is 0.948. The molecular weight excluding hydrogens is 296 g/mol. The van der Waals surface area contributed by atoms with E-state index in [2.05, 4.69) is 20.4 Å². The topological polar surface area (TPSA) is 85.2 Å². The Bertz CT molecular complexity index is 686. The van der Waals surface area contributed by atoms with Crippen molar-refractivity contribution in [3.05, 3.63) is 36.0 Å². The lowest BCUT2D eigenvalue weighted by atomic mass is 10.1. The Hall–Kier alpha value is -2.48. The number of aryl methyl sites for hydroxylation is 1. The highest BCUT2D eigenvalue weighted by Crippen LogP contribution is 2.25. The first-order valence-corrected chi connectivity index (χ1v) is 7.65. The molecule has 1 aliphatic heterocycles. The number of nitrogens with zero attached hydrogens (tertiary/aromatic N) is 5. The van der Waals surface area contributed by atoms with Crippen molar-refractivity contribution in [1.29, 1.82) is 0 Å². The number of carbonyl (C=O) groups excluding carboxylic acids is 1. The van der Waals surface area contributed by atoms with Crippen LogP contribution in [-0.2, 0) is 11.3 Å². The molecule has 0 spiro atoms. The summed E-state index contributed by atoms with van der Waals surface area (Å²) in [5.41, 5.74) is 1.32. The molecule has 0 unspecified atom stereocenters. The van der Waals surface area contributed by atoms with Crippen molar-refractivity contribution in [2.45, 2.75) is 19.6 Å². The minimum Gasteiger partial charge on any atom is -0.372 e. The number of amides is 1. The van der Waals surface area contributed by atoms with Crippen molar-refractivity contribution in [2.75, 3.05) is 32.1 Å². The summed E-state index contributed by atoms with van der Waals surface area (Å²) in [6.45, 7) is 4.20. The highest BCUT2D eigenvalue weighted by molar-refractivity contribution is 5.93. The maximum absolute atomic E-state index is 12.6.